The second-order valence-electron chi connectivity index (χ2n) is 2.38. The summed E-state index contributed by atoms with van der Waals surface area (Å²) in [6.45, 7) is 2.92. The van der Waals surface area contributed by atoms with Gasteiger partial charge in [0.15, 0.2) is 0 Å². The topological polar surface area (TPSA) is 57.5 Å². The number of carbonyl (C=O) groups is 1. The fourth-order valence-corrected chi connectivity index (χ4v) is 0.370. The Labute approximate surface area is 64.8 Å². The molecule has 0 radical (unpaired) electrons. The molecular weight excluding hydrogens is 160 g/mol. The Hall–Kier alpha value is -0.0375. The standard InChI is InChI=1S/C5H10O3.Cr/c1-5(2,8)3-4(6)7;/h8H,3H2,1-2H3,(H,6,7);. The quantitative estimate of drug-likeness (QED) is 0.623. The molecular formula is C5H10CrO3. The van der Waals surface area contributed by atoms with Gasteiger partial charge in [-0.3, -0.25) is 4.79 Å². The minimum absolute atomic E-state index is 0. The van der Waals surface area contributed by atoms with E-state index in [4.69, 9.17) is 10.2 Å². The van der Waals surface area contributed by atoms with E-state index in [0.717, 1.165) is 0 Å². The van der Waals surface area contributed by atoms with Crippen molar-refractivity contribution in [3.63, 3.8) is 0 Å². The first-order valence-electron chi connectivity index (χ1n) is 2.36. The molecule has 9 heavy (non-hydrogen) atoms. The van der Waals surface area contributed by atoms with Crippen LogP contribution in [0.4, 0.5) is 0 Å². The first kappa shape index (κ1) is 11.7. The summed E-state index contributed by atoms with van der Waals surface area (Å²) < 4.78 is 0. The van der Waals surface area contributed by atoms with Gasteiger partial charge in [0.2, 0.25) is 0 Å². The number of carboxylic acids is 1. The third-order valence-electron chi connectivity index (χ3n) is 0.584. The molecule has 0 aromatic rings. The Bertz CT molecular complexity index is 94.9. The van der Waals surface area contributed by atoms with E-state index in [1.807, 2.05) is 0 Å². The van der Waals surface area contributed by atoms with Gasteiger partial charge < -0.3 is 10.2 Å². The largest absolute Gasteiger partial charge is 0.481 e. The van der Waals surface area contributed by atoms with Crippen molar-refractivity contribution >= 4 is 5.97 Å². The van der Waals surface area contributed by atoms with E-state index in [-0.39, 0.29) is 23.8 Å². The van der Waals surface area contributed by atoms with Crippen LogP contribution in [0.5, 0.6) is 0 Å². The van der Waals surface area contributed by atoms with Crippen LogP contribution in [-0.4, -0.2) is 21.8 Å². The van der Waals surface area contributed by atoms with Crippen molar-refractivity contribution in [2.24, 2.45) is 0 Å². The molecule has 54 valence electrons. The van der Waals surface area contributed by atoms with Crippen LogP contribution in [0, 0.1) is 0 Å². The number of hydrogen-bond donors (Lipinski definition) is 2. The zero-order chi connectivity index (χ0) is 6.78. The average molecular weight is 170 g/mol. The van der Waals surface area contributed by atoms with E-state index in [1.165, 1.54) is 13.8 Å². The van der Waals surface area contributed by atoms with Crippen molar-refractivity contribution in [3.8, 4) is 0 Å². The van der Waals surface area contributed by atoms with E-state index in [0.29, 0.717) is 0 Å². The van der Waals surface area contributed by atoms with Crippen molar-refractivity contribution in [2.45, 2.75) is 25.9 Å². The van der Waals surface area contributed by atoms with Gasteiger partial charge in [0.1, 0.15) is 0 Å². The minimum Gasteiger partial charge on any atom is -0.481 e. The molecule has 0 atom stereocenters. The van der Waals surface area contributed by atoms with Gasteiger partial charge in [0, 0.05) is 17.4 Å². The Morgan fingerprint density at radius 1 is 1.56 bits per heavy atom. The molecule has 3 nitrogen and oxygen atoms in total. The van der Waals surface area contributed by atoms with Crippen molar-refractivity contribution < 1.29 is 32.4 Å². The normalized spacial score (nSPS) is 10.1. The Kier molecular flexibility index (Phi) is 5.07. The Morgan fingerprint density at radius 2 is 1.89 bits per heavy atom. The summed E-state index contributed by atoms with van der Waals surface area (Å²) in [6.07, 6.45) is -0.201. The molecule has 0 heterocycles. The molecule has 0 aliphatic heterocycles. The van der Waals surface area contributed by atoms with Crippen LogP contribution in [0.3, 0.4) is 0 Å². The predicted molar refractivity (Wildman–Crippen MR) is 28.6 cm³/mol. The summed E-state index contributed by atoms with van der Waals surface area (Å²) in [6, 6.07) is 0. The second kappa shape index (κ2) is 3.89. The maximum atomic E-state index is 9.85. The van der Waals surface area contributed by atoms with Crippen LogP contribution in [0.15, 0.2) is 0 Å². The maximum absolute atomic E-state index is 9.85. The van der Waals surface area contributed by atoms with Crippen LogP contribution in [0.2, 0.25) is 0 Å². The third kappa shape index (κ3) is 11.5. The molecule has 0 aromatic heterocycles. The predicted octanol–water partition coefficient (Wildman–Crippen LogP) is 0.230. The molecule has 0 amide bonds. The van der Waals surface area contributed by atoms with E-state index in [9.17, 15) is 4.79 Å². The first-order chi connectivity index (χ1) is 3.42. The van der Waals surface area contributed by atoms with E-state index in [2.05, 4.69) is 0 Å². The van der Waals surface area contributed by atoms with Gasteiger partial charge >= 0.3 is 5.97 Å². The zero-order valence-electron chi connectivity index (χ0n) is 5.42. The second-order valence-corrected chi connectivity index (χ2v) is 2.38. The summed E-state index contributed by atoms with van der Waals surface area (Å²) in [4.78, 5) is 9.85. The van der Waals surface area contributed by atoms with Crippen LogP contribution < -0.4 is 0 Å². The summed E-state index contributed by atoms with van der Waals surface area (Å²) in [5.74, 6) is -0.975. The molecule has 4 heteroatoms. The molecule has 0 aliphatic carbocycles. The van der Waals surface area contributed by atoms with Crippen molar-refractivity contribution in [3.05, 3.63) is 0 Å². The average Bonchev–Trinajstić information content (AvgIpc) is 1.21. The van der Waals surface area contributed by atoms with E-state index in [1.54, 1.807) is 0 Å². The van der Waals surface area contributed by atoms with Gasteiger partial charge in [-0.05, 0) is 13.8 Å². The van der Waals surface area contributed by atoms with Crippen molar-refractivity contribution in [1.29, 1.82) is 0 Å². The molecule has 0 unspecified atom stereocenters. The number of aliphatic carboxylic acids is 1. The van der Waals surface area contributed by atoms with Crippen LogP contribution in [0.25, 0.3) is 0 Å². The molecule has 0 bridgehead atoms. The van der Waals surface area contributed by atoms with Crippen LogP contribution in [-0.2, 0) is 22.2 Å². The SMILES string of the molecule is CC(C)(O)CC(=O)O.[Cr]. The first-order valence-corrected chi connectivity index (χ1v) is 2.36. The summed E-state index contributed by atoms with van der Waals surface area (Å²) >= 11 is 0. The molecule has 2 N–H and O–H groups in total. The third-order valence-corrected chi connectivity index (χ3v) is 0.584. The number of rotatable bonds is 2. The van der Waals surface area contributed by atoms with Crippen LogP contribution in [0.1, 0.15) is 20.3 Å². The molecule has 0 rings (SSSR count). The monoisotopic (exact) mass is 170 g/mol. The molecule has 0 spiro atoms. The minimum atomic E-state index is -1.08. The van der Waals surface area contributed by atoms with Gasteiger partial charge in [-0.1, -0.05) is 0 Å². The van der Waals surface area contributed by atoms with E-state index < -0.39 is 11.6 Å². The molecule has 0 aliphatic rings. The van der Waals surface area contributed by atoms with Crippen molar-refractivity contribution in [2.75, 3.05) is 0 Å². The van der Waals surface area contributed by atoms with Gasteiger partial charge in [0.25, 0.3) is 0 Å². The molecule has 0 saturated carbocycles. The Balaban J connectivity index is 0. The molecule has 0 aromatic carbocycles. The van der Waals surface area contributed by atoms with Crippen LogP contribution >= 0.6 is 0 Å². The fraction of sp³-hybridized carbons (Fsp3) is 0.800. The van der Waals surface area contributed by atoms with Gasteiger partial charge in [-0.15, -0.1) is 0 Å². The zero-order valence-corrected chi connectivity index (χ0v) is 6.69. The fourth-order valence-electron chi connectivity index (χ4n) is 0.370. The molecule has 0 saturated heterocycles. The molecule has 0 fully saturated rings. The summed E-state index contributed by atoms with van der Waals surface area (Å²) in [5, 5.41) is 16.9. The van der Waals surface area contributed by atoms with Gasteiger partial charge in [0.05, 0.1) is 12.0 Å². The summed E-state index contributed by atoms with van der Waals surface area (Å²) in [7, 11) is 0. The number of aliphatic hydroxyl groups is 1. The van der Waals surface area contributed by atoms with Gasteiger partial charge in [-0.25, -0.2) is 0 Å². The van der Waals surface area contributed by atoms with E-state index >= 15 is 0 Å². The van der Waals surface area contributed by atoms with Gasteiger partial charge in [-0.2, -0.15) is 0 Å². The smallest absolute Gasteiger partial charge is 0.306 e. The number of hydrogen-bond acceptors (Lipinski definition) is 2. The maximum Gasteiger partial charge on any atom is 0.306 e. The summed E-state index contributed by atoms with van der Waals surface area (Å²) in [5.41, 5.74) is -1.08. The Morgan fingerprint density at radius 3 is 1.89 bits per heavy atom. The van der Waals surface area contributed by atoms with Crippen molar-refractivity contribution in [1.82, 2.24) is 0 Å². The number of carboxylic acid groups (broad SMARTS) is 1.